The summed E-state index contributed by atoms with van der Waals surface area (Å²) in [5.41, 5.74) is 9.09. The topological polar surface area (TPSA) is 74.7 Å². The van der Waals surface area contributed by atoms with Crippen molar-refractivity contribution in [1.29, 1.82) is 0 Å². The highest BCUT2D eigenvalue weighted by Gasteiger charge is 2.16. The fourth-order valence-corrected chi connectivity index (χ4v) is 2.32. The maximum absolute atomic E-state index is 6.36. The molecule has 1 aromatic carbocycles. The smallest absolute Gasteiger partial charge is 0.161 e. The van der Waals surface area contributed by atoms with E-state index < -0.39 is 0 Å². The Hall–Kier alpha value is -2.60. The number of ether oxygens (including phenoxy) is 2. The number of methoxy groups -OCH3 is 2. The molecule has 0 aliphatic heterocycles. The number of hydrogen-bond acceptors (Lipinski definition) is 5. The van der Waals surface area contributed by atoms with E-state index in [4.69, 9.17) is 15.2 Å². The molecular formula is C15H16N4O2. The average Bonchev–Trinajstić information content (AvgIpc) is 2.97. The van der Waals surface area contributed by atoms with Gasteiger partial charge >= 0.3 is 0 Å². The Kier molecular flexibility index (Phi) is 3.45. The molecule has 0 spiro atoms. The predicted octanol–water partition coefficient (Wildman–Crippen LogP) is 1.79. The van der Waals surface area contributed by atoms with E-state index in [0.29, 0.717) is 11.5 Å². The minimum Gasteiger partial charge on any atom is -0.493 e. The van der Waals surface area contributed by atoms with E-state index in [2.05, 4.69) is 10.1 Å². The first-order valence-corrected chi connectivity index (χ1v) is 6.49. The third-order valence-corrected chi connectivity index (χ3v) is 3.46. The van der Waals surface area contributed by atoms with Crippen LogP contribution in [0.15, 0.2) is 43.0 Å². The van der Waals surface area contributed by atoms with Gasteiger partial charge in [0.05, 0.1) is 38.2 Å². The van der Waals surface area contributed by atoms with E-state index in [1.807, 2.05) is 18.2 Å². The number of benzene rings is 1. The normalized spacial score (nSPS) is 12.3. The van der Waals surface area contributed by atoms with Gasteiger partial charge in [-0.15, -0.1) is 0 Å². The lowest BCUT2D eigenvalue weighted by atomic mass is 10.0. The van der Waals surface area contributed by atoms with Crippen molar-refractivity contribution in [2.24, 2.45) is 5.73 Å². The molecule has 1 unspecified atom stereocenters. The van der Waals surface area contributed by atoms with Crippen LogP contribution in [0.3, 0.4) is 0 Å². The third-order valence-electron chi connectivity index (χ3n) is 3.46. The van der Waals surface area contributed by atoms with Gasteiger partial charge in [-0.25, -0.2) is 4.52 Å². The van der Waals surface area contributed by atoms with Gasteiger partial charge in [-0.3, -0.25) is 4.98 Å². The van der Waals surface area contributed by atoms with Crippen molar-refractivity contribution < 1.29 is 9.47 Å². The van der Waals surface area contributed by atoms with Crippen LogP contribution in [0.1, 0.15) is 17.2 Å². The molecule has 0 aliphatic rings. The minimum atomic E-state index is -0.313. The van der Waals surface area contributed by atoms with Crippen molar-refractivity contribution in [3.63, 3.8) is 0 Å². The van der Waals surface area contributed by atoms with Crippen LogP contribution in [0.5, 0.6) is 11.5 Å². The van der Waals surface area contributed by atoms with Crippen LogP contribution in [0.4, 0.5) is 0 Å². The molecular weight excluding hydrogens is 268 g/mol. The Morgan fingerprint density at radius 2 is 1.95 bits per heavy atom. The molecule has 0 fully saturated rings. The lowest BCUT2D eigenvalue weighted by Crippen LogP contribution is -2.12. The van der Waals surface area contributed by atoms with E-state index in [1.54, 1.807) is 43.5 Å². The molecule has 2 heterocycles. The monoisotopic (exact) mass is 284 g/mol. The SMILES string of the molecule is COc1ccc(C(N)c2cnn3ccncc23)cc1OC. The maximum atomic E-state index is 6.36. The Bertz CT molecular complexity index is 769. The highest BCUT2D eigenvalue weighted by atomic mass is 16.5. The molecule has 0 amide bonds. The van der Waals surface area contributed by atoms with Gasteiger partial charge in [0.1, 0.15) is 0 Å². The van der Waals surface area contributed by atoms with Crippen LogP contribution >= 0.6 is 0 Å². The number of hydrogen-bond donors (Lipinski definition) is 1. The molecule has 6 heteroatoms. The van der Waals surface area contributed by atoms with E-state index in [-0.39, 0.29) is 6.04 Å². The highest BCUT2D eigenvalue weighted by Crippen LogP contribution is 2.32. The van der Waals surface area contributed by atoms with Crippen LogP contribution in [0.2, 0.25) is 0 Å². The molecule has 2 N–H and O–H groups in total. The zero-order valence-electron chi connectivity index (χ0n) is 11.9. The van der Waals surface area contributed by atoms with Crippen LogP contribution in [0.25, 0.3) is 5.52 Å². The van der Waals surface area contributed by atoms with Crippen molar-refractivity contribution in [2.75, 3.05) is 14.2 Å². The van der Waals surface area contributed by atoms with Gasteiger partial charge in [0, 0.05) is 18.0 Å². The number of nitrogens with zero attached hydrogens (tertiary/aromatic N) is 3. The molecule has 2 aromatic heterocycles. The van der Waals surface area contributed by atoms with E-state index in [0.717, 1.165) is 16.6 Å². The van der Waals surface area contributed by atoms with Crippen molar-refractivity contribution in [1.82, 2.24) is 14.6 Å². The summed E-state index contributed by atoms with van der Waals surface area (Å²) in [7, 11) is 3.21. The first-order chi connectivity index (χ1) is 10.2. The van der Waals surface area contributed by atoms with Gasteiger partial charge < -0.3 is 15.2 Å². The Labute approximate surface area is 122 Å². The first kappa shape index (κ1) is 13.4. The predicted molar refractivity (Wildman–Crippen MR) is 78.6 cm³/mol. The molecule has 3 rings (SSSR count). The lowest BCUT2D eigenvalue weighted by molar-refractivity contribution is 0.354. The summed E-state index contributed by atoms with van der Waals surface area (Å²) in [5, 5.41) is 4.28. The number of rotatable bonds is 4. The summed E-state index contributed by atoms with van der Waals surface area (Å²) in [4.78, 5) is 4.12. The summed E-state index contributed by atoms with van der Waals surface area (Å²) in [5.74, 6) is 1.33. The quantitative estimate of drug-likeness (QED) is 0.790. The van der Waals surface area contributed by atoms with Crippen molar-refractivity contribution in [3.8, 4) is 11.5 Å². The second kappa shape index (κ2) is 5.41. The molecule has 0 saturated heterocycles. The second-order valence-corrected chi connectivity index (χ2v) is 4.60. The number of nitrogens with two attached hydrogens (primary N) is 1. The Morgan fingerprint density at radius 1 is 1.14 bits per heavy atom. The van der Waals surface area contributed by atoms with Gasteiger partial charge in [-0.2, -0.15) is 5.10 Å². The molecule has 0 saturated carbocycles. The highest BCUT2D eigenvalue weighted by molar-refractivity contribution is 5.56. The van der Waals surface area contributed by atoms with E-state index in [9.17, 15) is 0 Å². The summed E-state index contributed by atoms with van der Waals surface area (Å²) < 4.78 is 12.3. The van der Waals surface area contributed by atoms with E-state index in [1.165, 1.54) is 0 Å². The minimum absolute atomic E-state index is 0.313. The number of fused-ring (bicyclic) bond motifs is 1. The van der Waals surface area contributed by atoms with Crippen LogP contribution in [0, 0.1) is 0 Å². The largest absolute Gasteiger partial charge is 0.493 e. The third kappa shape index (κ3) is 2.30. The summed E-state index contributed by atoms with van der Waals surface area (Å²) >= 11 is 0. The molecule has 0 bridgehead atoms. The lowest BCUT2D eigenvalue weighted by Gasteiger charge is -2.14. The molecule has 1 atom stereocenters. The van der Waals surface area contributed by atoms with Gasteiger partial charge in [0.25, 0.3) is 0 Å². The molecule has 21 heavy (non-hydrogen) atoms. The summed E-state index contributed by atoms with van der Waals surface area (Å²) in [6.07, 6.45) is 6.99. The number of aromatic nitrogens is 3. The molecule has 6 nitrogen and oxygen atoms in total. The van der Waals surface area contributed by atoms with Crippen molar-refractivity contribution >= 4 is 5.52 Å². The second-order valence-electron chi connectivity index (χ2n) is 4.60. The van der Waals surface area contributed by atoms with Gasteiger partial charge in [-0.05, 0) is 17.7 Å². The Balaban J connectivity index is 2.04. The molecule has 0 aliphatic carbocycles. The molecule has 0 radical (unpaired) electrons. The summed E-state index contributed by atoms with van der Waals surface area (Å²) in [6.45, 7) is 0. The van der Waals surface area contributed by atoms with Gasteiger partial charge in [-0.1, -0.05) is 6.07 Å². The zero-order chi connectivity index (χ0) is 14.8. The van der Waals surface area contributed by atoms with Crippen LogP contribution in [-0.4, -0.2) is 28.8 Å². The molecule has 108 valence electrons. The fraction of sp³-hybridized carbons (Fsp3) is 0.200. The Morgan fingerprint density at radius 3 is 2.71 bits per heavy atom. The summed E-state index contributed by atoms with van der Waals surface area (Å²) in [6, 6.07) is 5.33. The van der Waals surface area contributed by atoms with Crippen molar-refractivity contribution in [3.05, 3.63) is 54.1 Å². The van der Waals surface area contributed by atoms with Gasteiger partial charge in [0.15, 0.2) is 11.5 Å². The molecule has 3 aromatic rings. The zero-order valence-corrected chi connectivity index (χ0v) is 11.9. The first-order valence-electron chi connectivity index (χ1n) is 6.49. The van der Waals surface area contributed by atoms with Crippen molar-refractivity contribution in [2.45, 2.75) is 6.04 Å². The van der Waals surface area contributed by atoms with E-state index >= 15 is 0 Å². The standard InChI is InChI=1S/C15H16N4O2/c1-20-13-4-3-10(7-14(13)21-2)15(16)11-8-18-19-6-5-17-9-12(11)19/h3-9,15H,16H2,1-2H3. The van der Waals surface area contributed by atoms with Crippen LogP contribution < -0.4 is 15.2 Å². The average molecular weight is 284 g/mol. The van der Waals surface area contributed by atoms with Crippen LogP contribution in [-0.2, 0) is 0 Å². The fourth-order valence-electron chi connectivity index (χ4n) is 2.32. The van der Waals surface area contributed by atoms with Gasteiger partial charge in [0.2, 0.25) is 0 Å². The maximum Gasteiger partial charge on any atom is 0.161 e.